The fourth-order valence-electron chi connectivity index (χ4n) is 1.91. The van der Waals surface area contributed by atoms with Crippen molar-refractivity contribution in [1.82, 2.24) is 5.32 Å². The molecule has 0 radical (unpaired) electrons. The van der Waals surface area contributed by atoms with Crippen molar-refractivity contribution < 1.29 is 4.39 Å². The summed E-state index contributed by atoms with van der Waals surface area (Å²) >= 11 is 2.09. The molecule has 1 nitrogen and oxygen atoms in total. The first-order chi connectivity index (χ1) is 6.79. The fraction of sp³-hybridized carbons (Fsp3) is 0.455. The lowest BCUT2D eigenvalue weighted by Gasteiger charge is -2.24. The first-order valence-corrected chi connectivity index (χ1v) is 6.04. The zero-order valence-corrected chi connectivity index (χ0v) is 10.1. The van der Waals surface area contributed by atoms with Gasteiger partial charge in [0, 0.05) is 6.04 Å². The zero-order valence-electron chi connectivity index (χ0n) is 7.89. The Labute approximate surface area is 97.2 Å². The summed E-state index contributed by atoms with van der Waals surface area (Å²) in [7, 11) is 0. The molecule has 0 saturated carbocycles. The Hall–Kier alpha value is -0.160. The Morgan fingerprint density at radius 2 is 2.21 bits per heavy atom. The van der Waals surface area contributed by atoms with Crippen LogP contribution in [0.1, 0.15) is 30.9 Å². The largest absolute Gasteiger partial charge is 0.310 e. The van der Waals surface area contributed by atoms with E-state index < -0.39 is 0 Å². The van der Waals surface area contributed by atoms with Gasteiger partial charge >= 0.3 is 0 Å². The lowest BCUT2D eigenvalue weighted by Crippen LogP contribution is -2.27. The van der Waals surface area contributed by atoms with E-state index in [4.69, 9.17) is 0 Å². The minimum Gasteiger partial charge on any atom is -0.310 e. The molecule has 1 aliphatic heterocycles. The predicted octanol–water partition coefficient (Wildman–Crippen LogP) is 3.24. The van der Waals surface area contributed by atoms with Crippen LogP contribution in [-0.4, -0.2) is 6.54 Å². The van der Waals surface area contributed by atoms with Gasteiger partial charge in [-0.3, -0.25) is 0 Å². The smallest absolute Gasteiger partial charge is 0.136 e. The maximum absolute atomic E-state index is 13.3. The second kappa shape index (κ2) is 4.57. The van der Waals surface area contributed by atoms with Crippen molar-refractivity contribution in [3.8, 4) is 0 Å². The van der Waals surface area contributed by atoms with E-state index in [0.29, 0.717) is 6.04 Å². The molecule has 1 fully saturated rings. The molecular weight excluding hydrogens is 292 g/mol. The standard InChI is InChI=1S/C11H13FIN/c12-9-5-3-4-8(11(9)13)10-6-1-2-7-14-10/h3-5,10,14H,1-2,6-7H2/t10-/m1/s1. The van der Waals surface area contributed by atoms with Crippen molar-refractivity contribution in [2.45, 2.75) is 25.3 Å². The summed E-state index contributed by atoms with van der Waals surface area (Å²) < 4.78 is 14.1. The molecule has 1 aliphatic rings. The van der Waals surface area contributed by atoms with E-state index in [9.17, 15) is 4.39 Å². The van der Waals surface area contributed by atoms with Crippen LogP contribution in [0.5, 0.6) is 0 Å². The number of hydrogen-bond donors (Lipinski definition) is 1. The molecule has 1 heterocycles. The molecule has 1 aromatic rings. The van der Waals surface area contributed by atoms with Crippen LogP contribution >= 0.6 is 22.6 Å². The first kappa shape index (κ1) is 10.4. The summed E-state index contributed by atoms with van der Waals surface area (Å²) in [5.74, 6) is -0.101. The number of rotatable bonds is 1. The Balaban J connectivity index is 2.26. The molecule has 0 bridgehead atoms. The quantitative estimate of drug-likeness (QED) is 0.786. The van der Waals surface area contributed by atoms with Crippen LogP contribution in [0.3, 0.4) is 0 Å². The molecule has 14 heavy (non-hydrogen) atoms. The van der Waals surface area contributed by atoms with E-state index in [1.165, 1.54) is 18.9 Å². The highest BCUT2D eigenvalue weighted by molar-refractivity contribution is 14.1. The van der Waals surface area contributed by atoms with Crippen molar-refractivity contribution in [2.75, 3.05) is 6.54 Å². The summed E-state index contributed by atoms with van der Waals surface area (Å²) in [6.07, 6.45) is 3.60. The number of halogens is 2. The lowest BCUT2D eigenvalue weighted by atomic mass is 9.98. The highest BCUT2D eigenvalue weighted by atomic mass is 127. The van der Waals surface area contributed by atoms with Crippen molar-refractivity contribution >= 4 is 22.6 Å². The molecule has 1 atom stereocenters. The van der Waals surface area contributed by atoms with E-state index in [0.717, 1.165) is 22.1 Å². The Kier molecular flexibility index (Phi) is 3.38. The van der Waals surface area contributed by atoms with Gasteiger partial charge in [-0.1, -0.05) is 18.6 Å². The number of nitrogens with one attached hydrogen (secondary N) is 1. The molecule has 0 amide bonds. The van der Waals surface area contributed by atoms with Gasteiger partial charge in [0.15, 0.2) is 0 Å². The molecule has 0 aromatic heterocycles. The Bertz CT molecular complexity index is 321. The summed E-state index contributed by atoms with van der Waals surface area (Å²) in [6.45, 7) is 1.05. The van der Waals surface area contributed by atoms with Gasteiger partial charge in [-0.05, 0) is 53.6 Å². The second-order valence-electron chi connectivity index (χ2n) is 3.65. The zero-order chi connectivity index (χ0) is 9.97. The van der Waals surface area contributed by atoms with Crippen molar-refractivity contribution in [2.24, 2.45) is 0 Å². The summed E-state index contributed by atoms with van der Waals surface area (Å²) in [4.78, 5) is 0. The predicted molar refractivity (Wildman–Crippen MR) is 63.7 cm³/mol. The molecule has 0 aliphatic carbocycles. The average Bonchev–Trinajstić information content (AvgIpc) is 2.23. The number of benzene rings is 1. The molecule has 2 rings (SSSR count). The highest BCUT2D eigenvalue weighted by Crippen LogP contribution is 2.27. The average molecular weight is 305 g/mol. The molecule has 0 spiro atoms. The molecule has 1 saturated heterocycles. The van der Waals surface area contributed by atoms with E-state index in [-0.39, 0.29) is 5.82 Å². The van der Waals surface area contributed by atoms with E-state index >= 15 is 0 Å². The Morgan fingerprint density at radius 3 is 2.93 bits per heavy atom. The SMILES string of the molecule is Fc1cccc([C@H]2CCCCN2)c1I. The van der Waals surface area contributed by atoms with Gasteiger partial charge in [-0.2, -0.15) is 0 Å². The monoisotopic (exact) mass is 305 g/mol. The van der Waals surface area contributed by atoms with Gasteiger partial charge in [0.2, 0.25) is 0 Å². The fourth-order valence-corrected chi connectivity index (χ4v) is 2.64. The second-order valence-corrected chi connectivity index (χ2v) is 4.72. The van der Waals surface area contributed by atoms with Gasteiger partial charge in [-0.25, -0.2) is 4.39 Å². The summed E-state index contributed by atoms with van der Waals surface area (Å²) in [6, 6.07) is 5.69. The summed E-state index contributed by atoms with van der Waals surface area (Å²) in [5, 5.41) is 3.43. The van der Waals surface area contributed by atoms with Crippen LogP contribution in [0.2, 0.25) is 0 Å². The third-order valence-corrected chi connectivity index (χ3v) is 3.81. The topological polar surface area (TPSA) is 12.0 Å². The van der Waals surface area contributed by atoms with E-state index in [1.54, 1.807) is 6.07 Å². The van der Waals surface area contributed by atoms with E-state index in [1.807, 2.05) is 6.07 Å². The molecule has 0 unspecified atom stereocenters. The van der Waals surface area contributed by atoms with Gasteiger partial charge in [0.05, 0.1) is 3.57 Å². The normalized spacial score (nSPS) is 22.3. The van der Waals surface area contributed by atoms with Crippen LogP contribution in [0.4, 0.5) is 4.39 Å². The van der Waals surface area contributed by atoms with Crippen LogP contribution in [0, 0.1) is 9.39 Å². The maximum Gasteiger partial charge on any atom is 0.136 e. The van der Waals surface area contributed by atoms with Gasteiger partial charge < -0.3 is 5.32 Å². The molecule has 76 valence electrons. The molecule has 3 heteroatoms. The van der Waals surface area contributed by atoms with Crippen LogP contribution in [0.15, 0.2) is 18.2 Å². The summed E-state index contributed by atoms with van der Waals surface area (Å²) in [5.41, 5.74) is 1.12. The van der Waals surface area contributed by atoms with Crippen molar-refractivity contribution in [3.05, 3.63) is 33.1 Å². The van der Waals surface area contributed by atoms with Crippen LogP contribution < -0.4 is 5.32 Å². The lowest BCUT2D eigenvalue weighted by molar-refractivity contribution is 0.409. The number of hydrogen-bond acceptors (Lipinski definition) is 1. The van der Waals surface area contributed by atoms with Gasteiger partial charge in [0.25, 0.3) is 0 Å². The third-order valence-electron chi connectivity index (χ3n) is 2.67. The molecular formula is C11H13FIN. The molecule has 1 aromatic carbocycles. The Morgan fingerprint density at radius 1 is 1.36 bits per heavy atom. The maximum atomic E-state index is 13.3. The van der Waals surface area contributed by atoms with Crippen molar-refractivity contribution in [1.29, 1.82) is 0 Å². The van der Waals surface area contributed by atoms with Crippen molar-refractivity contribution in [3.63, 3.8) is 0 Å². The van der Waals surface area contributed by atoms with Crippen LogP contribution in [-0.2, 0) is 0 Å². The first-order valence-electron chi connectivity index (χ1n) is 4.96. The van der Waals surface area contributed by atoms with Gasteiger partial charge in [-0.15, -0.1) is 0 Å². The number of piperidine rings is 1. The van der Waals surface area contributed by atoms with Gasteiger partial charge in [0.1, 0.15) is 5.82 Å². The third kappa shape index (κ3) is 2.08. The van der Waals surface area contributed by atoms with E-state index in [2.05, 4.69) is 27.9 Å². The minimum atomic E-state index is -0.101. The van der Waals surface area contributed by atoms with Crippen LogP contribution in [0.25, 0.3) is 0 Å². The molecule has 1 N–H and O–H groups in total. The highest BCUT2D eigenvalue weighted by Gasteiger charge is 2.18. The minimum absolute atomic E-state index is 0.101.